The lowest BCUT2D eigenvalue weighted by Gasteiger charge is -2.20. The van der Waals surface area contributed by atoms with Gasteiger partial charge >= 0.3 is 0 Å². The Balaban J connectivity index is 0.00000529. The van der Waals surface area contributed by atoms with Crippen molar-refractivity contribution in [2.24, 2.45) is 4.99 Å². The smallest absolute Gasteiger partial charge is 0.242 e. The Morgan fingerprint density at radius 2 is 1.75 bits per heavy atom. The van der Waals surface area contributed by atoms with Gasteiger partial charge in [-0.1, -0.05) is 29.8 Å². The van der Waals surface area contributed by atoms with Gasteiger partial charge < -0.3 is 16.0 Å². The minimum Gasteiger partial charge on any atom is -0.357 e. The topological polar surface area (TPSA) is 65.5 Å². The standard InChI is InChI=1S/C18H30N4O.HI/c1-6-19-17(21-13-16(23)22-18(3,4)5)20-12-11-15-9-7-14(2)8-10-15;/h7-10H,6,11-13H2,1-5H3,(H,22,23)(H2,19,20,21);1H. The summed E-state index contributed by atoms with van der Waals surface area (Å²) in [5.74, 6) is 0.594. The summed E-state index contributed by atoms with van der Waals surface area (Å²) in [4.78, 5) is 16.1. The van der Waals surface area contributed by atoms with Crippen LogP contribution in [0.15, 0.2) is 29.3 Å². The fourth-order valence-electron chi connectivity index (χ4n) is 2.03. The molecule has 0 bridgehead atoms. The van der Waals surface area contributed by atoms with Gasteiger partial charge in [-0.15, -0.1) is 24.0 Å². The maximum absolute atomic E-state index is 11.8. The SMILES string of the molecule is CCNC(=NCC(=O)NC(C)(C)C)NCCc1ccc(C)cc1.I. The number of aryl methyl sites for hydroxylation is 1. The van der Waals surface area contributed by atoms with Crippen molar-refractivity contribution in [3.05, 3.63) is 35.4 Å². The largest absolute Gasteiger partial charge is 0.357 e. The number of aliphatic imine (C=N–C) groups is 1. The van der Waals surface area contributed by atoms with Crippen molar-refractivity contribution in [1.82, 2.24) is 16.0 Å². The van der Waals surface area contributed by atoms with Crippen LogP contribution in [0.5, 0.6) is 0 Å². The molecule has 24 heavy (non-hydrogen) atoms. The molecule has 0 saturated carbocycles. The van der Waals surface area contributed by atoms with E-state index in [9.17, 15) is 4.79 Å². The molecule has 0 unspecified atom stereocenters. The van der Waals surface area contributed by atoms with Gasteiger partial charge in [0.1, 0.15) is 6.54 Å². The predicted octanol–water partition coefficient (Wildman–Crippen LogP) is 2.63. The second-order valence-corrected chi connectivity index (χ2v) is 6.66. The Kier molecular flexibility index (Phi) is 10.7. The van der Waals surface area contributed by atoms with Gasteiger partial charge in [-0.3, -0.25) is 4.79 Å². The van der Waals surface area contributed by atoms with E-state index in [1.165, 1.54) is 11.1 Å². The molecule has 0 radical (unpaired) electrons. The third kappa shape index (κ3) is 10.5. The summed E-state index contributed by atoms with van der Waals surface area (Å²) in [6, 6.07) is 8.51. The molecule has 5 nitrogen and oxygen atoms in total. The number of hydrogen-bond donors (Lipinski definition) is 3. The minimum atomic E-state index is -0.232. The maximum atomic E-state index is 11.8. The molecule has 1 rings (SSSR count). The van der Waals surface area contributed by atoms with Crippen molar-refractivity contribution in [3.63, 3.8) is 0 Å². The van der Waals surface area contributed by atoms with Crippen LogP contribution in [0.4, 0.5) is 0 Å². The van der Waals surface area contributed by atoms with E-state index in [1.54, 1.807) is 0 Å². The van der Waals surface area contributed by atoms with E-state index >= 15 is 0 Å². The number of nitrogens with one attached hydrogen (secondary N) is 3. The first-order valence-corrected chi connectivity index (χ1v) is 8.19. The summed E-state index contributed by atoms with van der Waals surface area (Å²) in [5.41, 5.74) is 2.31. The summed E-state index contributed by atoms with van der Waals surface area (Å²) in [6.45, 7) is 11.6. The highest BCUT2D eigenvalue weighted by Crippen LogP contribution is 2.03. The molecular formula is C18H31IN4O. The van der Waals surface area contributed by atoms with Crippen LogP contribution in [0.1, 0.15) is 38.8 Å². The van der Waals surface area contributed by atoms with E-state index in [0.717, 1.165) is 19.5 Å². The third-order valence-electron chi connectivity index (χ3n) is 3.07. The van der Waals surface area contributed by atoms with Gasteiger partial charge in [-0.2, -0.15) is 0 Å². The van der Waals surface area contributed by atoms with Crippen molar-refractivity contribution in [2.75, 3.05) is 19.6 Å². The number of guanidine groups is 1. The van der Waals surface area contributed by atoms with Gasteiger partial charge in [0.15, 0.2) is 5.96 Å². The average molecular weight is 446 g/mol. The fraction of sp³-hybridized carbons (Fsp3) is 0.556. The molecule has 0 saturated heterocycles. The quantitative estimate of drug-likeness (QED) is 0.358. The van der Waals surface area contributed by atoms with Gasteiger partial charge in [0, 0.05) is 18.6 Å². The van der Waals surface area contributed by atoms with Crippen LogP contribution < -0.4 is 16.0 Å². The zero-order chi connectivity index (χ0) is 17.3. The van der Waals surface area contributed by atoms with Crippen LogP contribution in [0, 0.1) is 6.92 Å². The lowest BCUT2D eigenvalue weighted by atomic mass is 10.1. The monoisotopic (exact) mass is 446 g/mol. The third-order valence-corrected chi connectivity index (χ3v) is 3.07. The van der Waals surface area contributed by atoms with Crippen LogP contribution in [0.3, 0.4) is 0 Å². The predicted molar refractivity (Wildman–Crippen MR) is 112 cm³/mol. The number of carbonyl (C=O) groups excluding carboxylic acids is 1. The van der Waals surface area contributed by atoms with Gasteiger partial charge in [-0.25, -0.2) is 4.99 Å². The number of hydrogen-bond acceptors (Lipinski definition) is 2. The highest BCUT2D eigenvalue weighted by Gasteiger charge is 2.13. The van der Waals surface area contributed by atoms with Crippen LogP contribution in [0.2, 0.25) is 0 Å². The van der Waals surface area contributed by atoms with Crippen molar-refractivity contribution < 1.29 is 4.79 Å². The molecule has 0 aliphatic carbocycles. The van der Waals surface area contributed by atoms with Gasteiger partial charge in [0.05, 0.1) is 0 Å². The summed E-state index contributed by atoms with van der Waals surface area (Å²) in [7, 11) is 0. The molecule has 0 heterocycles. The van der Waals surface area contributed by atoms with E-state index < -0.39 is 0 Å². The van der Waals surface area contributed by atoms with E-state index in [0.29, 0.717) is 5.96 Å². The fourth-order valence-corrected chi connectivity index (χ4v) is 2.03. The van der Waals surface area contributed by atoms with Crippen molar-refractivity contribution in [1.29, 1.82) is 0 Å². The zero-order valence-electron chi connectivity index (χ0n) is 15.4. The first-order chi connectivity index (χ1) is 10.8. The Labute approximate surface area is 163 Å². The van der Waals surface area contributed by atoms with E-state index in [4.69, 9.17) is 0 Å². The molecule has 1 amide bonds. The minimum absolute atomic E-state index is 0. The highest BCUT2D eigenvalue weighted by atomic mass is 127. The van der Waals surface area contributed by atoms with Crippen LogP contribution in [0.25, 0.3) is 0 Å². The van der Waals surface area contributed by atoms with E-state index in [-0.39, 0.29) is 42.0 Å². The number of halogens is 1. The first-order valence-electron chi connectivity index (χ1n) is 8.19. The zero-order valence-corrected chi connectivity index (χ0v) is 17.7. The van der Waals surface area contributed by atoms with Gasteiger partial charge in [-0.05, 0) is 46.6 Å². The molecule has 0 aromatic heterocycles. The molecular weight excluding hydrogens is 415 g/mol. The number of rotatable bonds is 6. The maximum Gasteiger partial charge on any atom is 0.242 e. The van der Waals surface area contributed by atoms with E-state index in [2.05, 4.69) is 52.1 Å². The molecule has 0 atom stereocenters. The molecule has 1 aromatic carbocycles. The normalized spacial score (nSPS) is 11.5. The Hall–Kier alpha value is -1.31. The average Bonchev–Trinajstić information content (AvgIpc) is 2.45. The number of carbonyl (C=O) groups is 1. The lowest BCUT2D eigenvalue weighted by Crippen LogP contribution is -2.43. The molecule has 6 heteroatoms. The second kappa shape index (κ2) is 11.3. The van der Waals surface area contributed by atoms with Crippen LogP contribution in [-0.2, 0) is 11.2 Å². The molecule has 3 N–H and O–H groups in total. The molecule has 136 valence electrons. The molecule has 1 aromatic rings. The molecule has 0 fully saturated rings. The molecule has 0 aliphatic rings. The van der Waals surface area contributed by atoms with E-state index in [1.807, 2.05) is 27.7 Å². The molecule has 0 aliphatic heterocycles. The van der Waals surface area contributed by atoms with Crippen molar-refractivity contribution in [2.45, 2.75) is 46.6 Å². The second-order valence-electron chi connectivity index (χ2n) is 6.66. The van der Waals surface area contributed by atoms with Crippen molar-refractivity contribution >= 4 is 35.8 Å². The summed E-state index contributed by atoms with van der Waals surface area (Å²) < 4.78 is 0. The lowest BCUT2D eigenvalue weighted by molar-refractivity contribution is -0.121. The highest BCUT2D eigenvalue weighted by molar-refractivity contribution is 14.0. The Morgan fingerprint density at radius 3 is 2.29 bits per heavy atom. The first kappa shape index (κ1) is 22.7. The van der Waals surface area contributed by atoms with Gasteiger partial charge in [0.2, 0.25) is 5.91 Å². The number of amides is 1. The summed E-state index contributed by atoms with van der Waals surface area (Å²) in [6.07, 6.45) is 0.916. The van der Waals surface area contributed by atoms with Gasteiger partial charge in [0.25, 0.3) is 0 Å². The Bertz CT molecular complexity index is 521. The molecule has 0 spiro atoms. The van der Waals surface area contributed by atoms with Crippen molar-refractivity contribution in [3.8, 4) is 0 Å². The number of benzene rings is 1. The van der Waals surface area contributed by atoms with Crippen LogP contribution >= 0.6 is 24.0 Å². The summed E-state index contributed by atoms with van der Waals surface area (Å²) >= 11 is 0. The van der Waals surface area contributed by atoms with Crippen LogP contribution in [-0.4, -0.2) is 37.0 Å². The summed E-state index contributed by atoms with van der Waals surface area (Å²) in [5, 5.41) is 9.32. The number of nitrogens with zero attached hydrogens (tertiary/aromatic N) is 1. The Morgan fingerprint density at radius 1 is 1.12 bits per heavy atom.